The molecule has 1 N–H and O–H groups in total. The highest BCUT2D eigenvalue weighted by Gasteiger charge is 2.20. The summed E-state index contributed by atoms with van der Waals surface area (Å²) in [7, 11) is -0.446. The van der Waals surface area contributed by atoms with Crippen LogP contribution < -0.4 is 15.9 Å². The van der Waals surface area contributed by atoms with Gasteiger partial charge in [-0.1, -0.05) is 279 Å². The predicted octanol–water partition coefficient (Wildman–Crippen LogP) is 24.2. The summed E-state index contributed by atoms with van der Waals surface area (Å²) < 4.78 is 4.70. The van der Waals surface area contributed by atoms with Gasteiger partial charge in [-0.2, -0.15) is 0 Å². The molecule has 0 aliphatic rings. The van der Waals surface area contributed by atoms with Crippen LogP contribution in [-0.2, 0) is 0 Å². The lowest BCUT2D eigenvalue weighted by molar-refractivity contribution is -0.384. The molecule has 3 heterocycles. The Bertz CT molecular complexity index is 6340. The zero-order chi connectivity index (χ0) is 67.3. The van der Waals surface area contributed by atoms with E-state index in [0.29, 0.717) is 5.56 Å². The Balaban J connectivity index is 0.000000116. The molecular weight excluding hydrogens is 1250 g/mol. The molecular formula is C94H63N4O2P. The molecule has 0 atom stereocenters. The fraction of sp³-hybridized carbons (Fsp3) is 0. The van der Waals surface area contributed by atoms with Gasteiger partial charge in [-0.15, -0.1) is 0 Å². The monoisotopic (exact) mass is 1310 g/mol. The van der Waals surface area contributed by atoms with Gasteiger partial charge in [0, 0.05) is 60.8 Å². The molecule has 3 aromatic heterocycles. The van der Waals surface area contributed by atoms with E-state index in [1.165, 1.54) is 120 Å². The van der Waals surface area contributed by atoms with Crippen LogP contribution in [0, 0.1) is 10.1 Å². The predicted molar refractivity (Wildman–Crippen MR) is 429 cm³/mol. The second-order valence-electron chi connectivity index (χ2n) is 25.6. The van der Waals surface area contributed by atoms with Gasteiger partial charge in [0.25, 0.3) is 5.69 Å². The first-order chi connectivity index (χ1) is 50.0. The number of nitro groups is 1. The van der Waals surface area contributed by atoms with Crippen LogP contribution in [0.4, 0.5) is 5.69 Å². The fourth-order valence-electron chi connectivity index (χ4n) is 15.3. The standard InChI is InChI=1S/C38H24N2O2.C38H24N2.C18H15P/c41-40(42)38-18-6-3-11-31(38)30-15-8-10-27-23-34-26(24-35(27)30)9-7-14-29(34)25-19-21-28(22-20-25)39-36-16-4-1-12-32(36)33-13-2-5-17-37(33)39;1-4-13-34-31(11-1)38-33-23-25-8-7-12-28(32(25)22-26(33)18-21-35(38)39-34)24-16-19-27(20-17-24)40-36-14-5-2-9-29(36)30-10-3-6-15-37(30)40;1-4-10-16(11-5-1)19(17-12-6-2-7-13-17)18-14-8-3-9-15-18/h1-24H;1-23,39H;1-15H. The SMILES string of the molecule is O=[N+]([O-])c1ccccc1-c1cccc2cc3c(-c4ccc(-n5c6ccccc6c6ccccc65)cc4)cccc3cc12.c1cc(-c2ccc(-n3c4ccccc4c4ccccc43)cc2)c2cc3ccc4[nH]c5ccccc5c4c3cc2c1.c1ccc(P(c2ccccc2)c2ccccc2)cc1. The number of nitrogens with one attached hydrogen (secondary N) is 1. The van der Waals surface area contributed by atoms with Crippen molar-refractivity contribution in [2.45, 2.75) is 0 Å². The van der Waals surface area contributed by atoms with Crippen LogP contribution in [0.15, 0.2) is 376 Å². The third kappa shape index (κ3) is 10.9. The van der Waals surface area contributed by atoms with Gasteiger partial charge in [0.05, 0.1) is 32.6 Å². The van der Waals surface area contributed by atoms with E-state index in [0.717, 1.165) is 43.9 Å². The van der Waals surface area contributed by atoms with Gasteiger partial charge < -0.3 is 14.1 Å². The van der Waals surface area contributed by atoms with Crippen LogP contribution in [0.1, 0.15) is 0 Å². The maximum Gasteiger partial charge on any atom is 0.277 e. The van der Waals surface area contributed by atoms with Crippen molar-refractivity contribution < 1.29 is 4.92 Å². The Morgan fingerprint density at radius 3 is 1.06 bits per heavy atom. The molecule has 0 saturated heterocycles. The van der Waals surface area contributed by atoms with Crippen molar-refractivity contribution in [3.63, 3.8) is 0 Å². The molecule has 0 amide bonds. The molecule has 0 fully saturated rings. The molecule has 17 aromatic carbocycles. The van der Waals surface area contributed by atoms with E-state index in [4.69, 9.17) is 0 Å². The van der Waals surface area contributed by atoms with E-state index in [1.807, 2.05) is 24.3 Å². The molecule has 0 unspecified atom stereocenters. The zero-order valence-corrected chi connectivity index (χ0v) is 55.8. The number of hydrogen-bond donors (Lipinski definition) is 1. The van der Waals surface area contributed by atoms with Crippen LogP contribution in [0.25, 0.3) is 153 Å². The number of benzene rings is 17. The summed E-state index contributed by atoms with van der Waals surface area (Å²) in [6, 6.07) is 133. The lowest BCUT2D eigenvalue weighted by Crippen LogP contribution is -2.20. The highest BCUT2D eigenvalue weighted by molar-refractivity contribution is 7.79. The number of aromatic nitrogens is 3. The van der Waals surface area contributed by atoms with E-state index >= 15 is 0 Å². The molecule has 20 aromatic rings. The van der Waals surface area contributed by atoms with Gasteiger partial charge in [-0.25, -0.2) is 0 Å². The first kappa shape index (κ1) is 60.4. The van der Waals surface area contributed by atoms with Crippen molar-refractivity contribution in [3.8, 4) is 44.8 Å². The van der Waals surface area contributed by atoms with E-state index < -0.39 is 7.92 Å². The zero-order valence-electron chi connectivity index (χ0n) is 54.9. The van der Waals surface area contributed by atoms with Crippen LogP contribution in [-0.4, -0.2) is 19.0 Å². The van der Waals surface area contributed by atoms with E-state index in [1.54, 1.807) is 12.1 Å². The maximum atomic E-state index is 11.8. The van der Waals surface area contributed by atoms with E-state index in [-0.39, 0.29) is 10.6 Å². The summed E-state index contributed by atoms with van der Waals surface area (Å²) in [6.45, 7) is 0. The minimum atomic E-state index is -0.446. The topological polar surface area (TPSA) is 68.8 Å². The Morgan fingerprint density at radius 2 is 0.614 bits per heavy atom. The smallest absolute Gasteiger partial charge is 0.277 e. The second kappa shape index (κ2) is 25.8. The molecule has 0 aliphatic heterocycles. The Hall–Kier alpha value is -13.0. The van der Waals surface area contributed by atoms with Crippen molar-refractivity contribution in [1.29, 1.82) is 0 Å². The minimum absolute atomic E-state index is 0.113. The number of fused-ring (bicyclic) bond motifs is 14. The van der Waals surface area contributed by atoms with Gasteiger partial charge in [-0.3, -0.25) is 10.1 Å². The second-order valence-corrected chi connectivity index (χ2v) is 27.8. The van der Waals surface area contributed by atoms with Crippen LogP contribution in [0.3, 0.4) is 0 Å². The summed E-state index contributed by atoms with van der Waals surface area (Å²) in [5.74, 6) is 0. The van der Waals surface area contributed by atoms with Crippen molar-refractivity contribution in [3.05, 3.63) is 386 Å². The van der Waals surface area contributed by atoms with Gasteiger partial charge >= 0.3 is 0 Å². The summed E-state index contributed by atoms with van der Waals surface area (Å²) in [5, 5.41) is 33.0. The number of hydrogen-bond acceptors (Lipinski definition) is 2. The third-order valence-corrected chi connectivity index (χ3v) is 22.3. The van der Waals surface area contributed by atoms with E-state index in [2.05, 4.69) is 354 Å². The van der Waals surface area contributed by atoms with Gasteiger partial charge in [-0.05, 0) is 186 Å². The molecule has 0 radical (unpaired) electrons. The Labute approximate surface area is 584 Å². The van der Waals surface area contributed by atoms with Gasteiger partial charge in [0.15, 0.2) is 0 Å². The first-order valence-corrected chi connectivity index (χ1v) is 35.5. The molecule has 20 rings (SSSR count). The number of nitrogens with zero attached hydrogens (tertiary/aromatic N) is 3. The van der Waals surface area contributed by atoms with Gasteiger partial charge in [0.2, 0.25) is 0 Å². The number of H-pyrrole nitrogens is 1. The highest BCUT2D eigenvalue weighted by atomic mass is 31.1. The summed E-state index contributed by atoms with van der Waals surface area (Å²) >= 11 is 0. The first-order valence-electron chi connectivity index (χ1n) is 34.1. The molecule has 0 spiro atoms. The minimum Gasteiger partial charge on any atom is -0.354 e. The van der Waals surface area contributed by atoms with Crippen molar-refractivity contribution >= 4 is 138 Å². The van der Waals surface area contributed by atoms with E-state index in [9.17, 15) is 10.1 Å². The van der Waals surface area contributed by atoms with Gasteiger partial charge in [0.1, 0.15) is 0 Å². The molecule has 101 heavy (non-hydrogen) atoms. The molecule has 0 bridgehead atoms. The molecule has 7 heteroatoms. The quantitative estimate of drug-likeness (QED) is 0.0677. The van der Waals surface area contributed by atoms with Crippen molar-refractivity contribution in [1.82, 2.24) is 14.1 Å². The number of nitro benzene ring substituents is 1. The molecule has 0 saturated carbocycles. The highest BCUT2D eigenvalue weighted by Crippen LogP contribution is 2.42. The largest absolute Gasteiger partial charge is 0.354 e. The number of aromatic amines is 1. The summed E-state index contributed by atoms with van der Waals surface area (Å²) in [6.07, 6.45) is 0. The number of para-hydroxylation sites is 6. The lowest BCUT2D eigenvalue weighted by atomic mass is 9.92. The van der Waals surface area contributed by atoms with Crippen LogP contribution >= 0.6 is 7.92 Å². The van der Waals surface area contributed by atoms with Crippen LogP contribution in [0.2, 0.25) is 0 Å². The van der Waals surface area contributed by atoms with Crippen LogP contribution in [0.5, 0.6) is 0 Å². The summed E-state index contributed by atoms with van der Waals surface area (Å²) in [4.78, 5) is 15.1. The Morgan fingerprint density at radius 1 is 0.267 bits per heavy atom. The molecule has 6 nitrogen and oxygen atoms in total. The normalized spacial score (nSPS) is 11.5. The average Bonchev–Trinajstić information content (AvgIpc) is 1.61. The number of rotatable bonds is 9. The third-order valence-electron chi connectivity index (χ3n) is 19.8. The Kier molecular flexibility index (Phi) is 15.4. The molecule has 476 valence electrons. The fourth-order valence-corrected chi connectivity index (χ4v) is 17.6. The lowest BCUT2D eigenvalue weighted by Gasteiger charge is -2.18. The van der Waals surface area contributed by atoms with Crippen molar-refractivity contribution in [2.24, 2.45) is 0 Å². The maximum absolute atomic E-state index is 11.8. The average molecular weight is 1310 g/mol. The van der Waals surface area contributed by atoms with Crippen molar-refractivity contribution in [2.75, 3.05) is 0 Å². The summed E-state index contributed by atoms with van der Waals surface area (Å²) in [5.41, 5.74) is 15.9. The molecule has 0 aliphatic carbocycles.